The van der Waals surface area contributed by atoms with Crippen LogP contribution in [-0.2, 0) is 11.3 Å². The van der Waals surface area contributed by atoms with Crippen LogP contribution in [0.3, 0.4) is 0 Å². The highest BCUT2D eigenvalue weighted by atomic mass is 35.5. The first-order chi connectivity index (χ1) is 11.7. The second-order valence-electron chi connectivity index (χ2n) is 6.34. The lowest BCUT2D eigenvalue weighted by atomic mass is 10.1. The second-order valence-corrected chi connectivity index (χ2v) is 6.72. The molecule has 0 atom stereocenters. The lowest BCUT2D eigenvalue weighted by molar-refractivity contribution is 0.0526. The molecule has 1 N–H and O–H groups in total. The molecule has 0 aliphatic rings. The van der Waals surface area contributed by atoms with Gasteiger partial charge >= 0.3 is 6.09 Å². The number of halogens is 1. The summed E-state index contributed by atoms with van der Waals surface area (Å²) in [7, 11) is 0. The van der Waals surface area contributed by atoms with Crippen LogP contribution < -0.4 is 5.32 Å². The van der Waals surface area contributed by atoms with Gasteiger partial charge in [-0.1, -0.05) is 42.5 Å². The van der Waals surface area contributed by atoms with Gasteiger partial charge in [0.1, 0.15) is 11.3 Å². The van der Waals surface area contributed by atoms with Crippen molar-refractivity contribution in [1.29, 1.82) is 0 Å². The number of carbonyl (C=O) groups excluding carboxylic acids is 2. The Hall–Kier alpha value is -2.27. The molecule has 0 aliphatic carbocycles. The number of carbonyl (C=O) groups is 2. The topological polar surface area (TPSA) is 60.3 Å². The van der Waals surface area contributed by atoms with Crippen LogP contribution >= 0.6 is 11.6 Å². The lowest BCUT2D eigenvalue weighted by Crippen LogP contribution is -2.34. The van der Waals surface area contributed by atoms with Crippen molar-refractivity contribution in [2.24, 2.45) is 0 Å². The summed E-state index contributed by atoms with van der Waals surface area (Å²) >= 11 is 6.35. The van der Waals surface area contributed by atoms with Crippen LogP contribution in [0.4, 0.5) is 4.79 Å². The molecule has 1 aromatic rings. The molecule has 136 valence electrons. The molecule has 6 heteroatoms. The summed E-state index contributed by atoms with van der Waals surface area (Å²) in [5.41, 5.74) is 1.39. The monoisotopic (exact) mass is 364 g/mol. The van der Waals surface area contributed by atoms with Gasteiger partial charge in [-0.2, -0.15) is 0 Å². The van der Waals surface area contributed by atoms with Crippen LogP contribution in [-0.4, -0.2) is 29.1 Å². The molecular weight excluding hydrogens is 340 g/mol. The fourth-order valence-electron chi connectivity index (χ4n) is 2.19. The highest BCUT2D eigenvalue weighted by Crippen LogP contribution is 2.29. The Kier molecular flexibility index (Phi) is 7.71. The van der Waals surface area contributed by atoms with Crippen molar-refractivity contribution in [3.05, 3.63) is 53.4 Å². The molecule has 1 aromatic heterocycles. The Labute approximate surface area is 154 Å². The fourth-order valence-corrected chi connectivity index (χ4v) is 2.50. The maximum atomic E-state index is 11.7. The normalized spacial score (nSPS) is 12.3. The quantitative estimate of drug-likeness (QED) is 0.567. The van der Waals surface area contributed by atoms with E-state index in [0.29, 0.717) is 30.1 Å². The number of nitrogens with one attached hydrogen (secondary N) is 1. The van der Waals surface area contributed by atoms with Crippen molar-refractivity contribution in [2.45, 2.75) is 39.8 Å². The molecule has 0 saturated carbocycles. The third-order valence-corrected chi connectivity index (χ3v) is 3.54. The first kappa shape index (κ1) is 20.8. The number of alkyl carbamates (subject to hydrolysis) is 1. The first-order valence-corrected chi connectivity index (χ1v) is 8.37. The van der Waals surface area contributed by atoms with Crippen LogP contribution in [0, 0.1) is 0 Å². The van der Waals surface area contributed by atoms with Gasteiger partial charge in [-0.05, 0) is 33.3 Å². The molecule has 0 saturated heterocycles. The van der Waals surface area contributed by atoms with Gasteiger partial charge in [0.2, 0.25) is 0 Å². The summed E-state index contributed by atoms with van der Waals surface area (Å²) in [6, 6.07) is 0. The average Bonchev–Trinajstić information content (AvgIpc) is 2.81. The Morgan fingerprint density at radius 3 is 2.64 bits per heavy atom. The molecule has 0 fully saturated rings. The Balaban J connectivity index is 2.93. The van der Waals surface area contributed by atoms with E-state index in [-0.39, 0.29) is 0 Å². The Bertz CT molecular complexity index is 694. The minimum atomic E-state index is -0.557. The van der Waals surface area contributed by atoms with Gasteiger partial charge in [0.15, 0.2) is 6.29 Å². The molecule has 5 nitrogen and oxygen atoms in total. The number of hydrogen-bond acceptors (Lipinski definition) is 3. The van der Waals surface area contributed by atoms with Gasteiger partial charge < -0.3 is 14.6 Å². The molecule has 0 radical (unpaired) electrons. The predicted molar refractivity (Wildman–Crippen MR) is 102 cm³/mol. The minimum Gasteiger partial charge on any atom is -0.444 e. The molecule has 25 heavy (non-hydrogen) atoms. The van der Waals surface area contributed by atoms with E-state index in [2.05, 4.69) is 11.9 Å². The van der Waals surface area contributed by atoms with Crippen LogP contribution in [0.25, 0.3) is 5.57 Å². The zero-order chi connectivity index (χ0) is 19.0. The van der Waals surface area contributed by atoms with Crippen molar-refractivity contribution >= 4 is 29.6 Å². The van der Waals surface area contributed by atoms with Gasteiger partial charge in [-0.15, -0.1) is 0 Å². The van der Waals surface area contributed by atoms with Gasteiger partial charge in [0.25, 0.3) is 0 Å². The van der Waals surface area contributed by atoms with E-state index in [9.17, 15) is 9.59 Å². The van der Waals surface area contributed by atoms with Crippen LogP contribution in [0.2, 0.25) is 5.02 Å². The van der Waals surface area contributed by atoms with E-state index in [4.69, 9.17) is 16.3 Å². The summed E-state index contributed by atoms with van der Waals surface area (Å²) in [5, 5.41) is 3.04. The fraction of sp³-hybridized carbons (Fsp3) is 0.368. The highest BCUT2D eigenvalue weighted by molar-refractivity contribution is 6.34. The molecule has 1 heterocycles. The SMILES string of the molecule is C=C/C=C(\C=C/C)c1cn(CCNC(=O)OC(C)(C)C)c(C=O)c1Cl. The number of ether oxygens (including phenoxy) is 1. The number of aromatic nitrogens is 1. The summed E-state index contributed by atoms with van der Waals surface area (Å²) in [5.74, 6) is 0. The summed E-state index contributed by atoms with van der Waals surface area (Å²) in [6.07, 6.45) is 9.25. The van der Waals surface area contributed by atoms with Crippen LogP contribution in [0.15, 0.2) is 37.1 Å². The van der Waals surface area contributed by atoms with Gasteiger partial charge in [0.05, 0.1) is 5.02 Å². The van der Waals surface area contributed by atoms with Gasteiger partial charge in [-0.25, -0.2) is 4.79 Å². The largest absolute Gasteiger partial charge is 0.444 e. The van der Waals surface area contributed by atoms with Gasteiger partial charge in [0, 0.05) is 24.8 Å². The summed E-state index contributed by atoms with van der Waals surface area (Å²) in [6.45, 7) is 11.7. The maximum absolute atomic E-state index is 11.7. The average molecular weight is 365 g/mol. The van der Waals surface area contributed by atoms with E-state index in [0.717, 1.165) is 11.1 Å². The Morgan fingerprint density at radius 2 is 2.12 bits per heavy atom. The third kappa shape index (κ3) is 6.27. The van der Waals surface area contributed by atoms with Crippen molar-refractivity contribution in [2.75, 3.05) is 6.54 Å². The standard InChI is InChI=1S/C19H25ClN2O3/c1-6-8-14(9-7-2)15-12-22(16(13-23)17(15)20)11-10-21-18(24)25-19(3,4)5/h6-9,12-13H,1,10-11H2,2-5H3,(H,21,24)/b9-7-,14-8+. The summed E-state index contributed by atoms with van der Waals surface area (Å²) < 4.78 is 6.89. The first-order valence-electron chi connectivity index (χ1n) is 8.00. The maximum Gasteiger partial charge on any atom is 0.407 e. The van der Waals surface area contributed by atoms with Crippen LogP contribution in [0.5, 0.6) is 0 Å². The van der Waals surface area contributed by atoms with E-state index in [1.807, 2.05) is 25.2 Å². The van der Waals surface area contributed by atoms with Gasteiger partial charge in [-0.3, -0.25) is 4.79 Å². The van der Waals surface area contributed by atoms with Crippen molar-refractivity contribution in [1.82, 2.24) is 9.88 Å². The zero-order valence-electron chi connectivity index (χ0n) is 15.1. The van der Waals surface area contributed by atoms with Crippen LogP contribution in [0.1, 0.15) is 43.7 Å². The Morgan fingerprint density at radius 1 is 1.44 bits per heavy atom. The molecule has 0 spiro atoms. The number of nitrogens with zero attached hydrogens (tertiary/aromatic N) is 1. The van der Waals surface area contributed by atoms with Crippen molar-refractivity contribution < 1.29 is 14.3 Å². The number of hydrogen-bond donors (Lipinski definition) is 1. The number of aldehydes is 1. The van der Waals surface area contributed by atoms with Crippen molar-refractivity contribution in [3.63, 3.8) is 0 Å². The smallest absolute Gasteiger partial charge is 0.407 e. The van der Waals surface area contributed by atoms with E-state index < -0.39 is 11.7 Å². The second kappa shape index (κ2) is 9.28. The third-order valence-electron chi connectivity index (χ3n) is 3.14. The highest BCUT2D eigenvalue weighted by Gasteiger charge is 2.17. The molecule has 1 amide bonds. The molecule has 1 rings (SSSR count). The number of rotatable bonds is 7. The van der Waals surface area contributed by atoms with Crippen molar-refractivity contribution in [3.8, 4) is 0 Å². The number of allylic oxidation sites excluding steroid dienone is 5. The molecule has 0 aromatic carbocycles. The molecule has 0 bridgehead atoms. The molecule has 0 unspecified atom stereocenters. The van der Waals surface area contributed by atoms with E-state index in [1.54, 1.807) is 37.6 Å². The van der Waals surface area contributed by atoms with E-state index in [1.165, 1.54) is 0 Å². The number of amides is 1. The lowest BCUT2D eigenvalue weighted by Gasteiger charge is -2.19. The minimum absolute atomic E-state index is 0.310. The summed E-state index contributed by atoms with van der Waals surface area (Å²) in [4.78, 5) is 23.1. The molecule has 0 aliphatic heterocycles. The zero-order valence-corrected chi connectivity index (χ0v) is 15.9. The molecular formula is C19H25ClN2O3. The van der Waals surface area contributed by atoms with E-state index >= 15 is 0 Å². The predicted octanol–water partition coefficient (Wildman–Crippen LogP) is 4.62.